The summed E-state index contributed by atoms with van der Waals surface area (Å²) >= 11 is 1.77. The number of hydrogen-bond donors (Lipinski definition) is 0. The minimum absolute atomic E-state index is 0.645. The second-order valence-electron chi connectivity index (χ2n) is 13.3. The molecule has 0 fully saturated rings. The second-order valence-corrected chi connectivity index (χ2v) is 14.4. The normalized spacial score (nSPS) is 11.3. The van der Waals surface area contributed by atoms with Crippen molar-refractivity contribution in [3.05, 3.63) is 188 Å². The lowest BCUT2D eigenvalue weighted by Gasteiger charge is -2.10. The molecule has 0 saturated heterocycles. The van der Waals surface area contributed by atoms with Gasteiger partial charge in [-0.25, -0.2) is 24.9 Å². The van der Waals surface area contributed by atoms with Crippen molar-refractivity contribution >= 4 is 31.5 Å². The van der Waals surface area contributed by atoms with Crippen LogP contribution in [0.5, 0.6) is 0 Å². The quantitative estimate of drug-likeness (QED) is 0.164. The fraction of sp³-hybridized carbons (Fsp3) is 0. The van der Waals surface area contributed by atoms with Crippen LogP contribution in [-0.4, -0.2) is 24.9 Å². The summed E-state index contributed by atoms with van der Waals surface area (Å²) < 4.78 is 2.37. The SMILES string of the molecule is c1ccc(-c2ccc(-c3cc(-c4ccc5sc6cc(-c7nc(-c8ccccc8)nc(-c8ccccc8)n7)ccc6c5c4)nc(-c4ccccc4)n3)cc2)cc1. The third-order valence-corrected chi connectivity index (χ3v) is 10.9. The van der Waals surface area contributed by atoms with E-state index in [9.17, 15) is 0 Å². The molecule has 0 aliphatic heterocycles. The number of aromatic nitrogens is 5. The van der Waals surface area contributed by atoms with Crippen LogP contribution < -0.4 is 0 Å². The third-order valence-electron chi connectivity index (χ3n) is 9.77. The fourth-order valence-corrected chi connectivity index (χ4v) is 8.06. The number of rotatable bonds is 7. The maximum absolute atomic E-state index is 5.13. The van der Waals surface area contributed by atoms with Crippen molar-refractivity contribution in [2.45, 2.75) is 0 Å². The molecule has 0 aliphatic carbocycles. The molecule has 0 spiro atoms. The lowest BCUT2D eigenvalue weighted by molar-refractivity contribution is 1.07. The lowest BCUT2D eigenvalue weighted by Crippen LogP contribution is -1.99. The first-order valence-corrected chi connectivity index (χ1v) is 19.0. The summed E-state index contributed by atoms with van der Waals surface area (Å²) in [5.74, 6) is 2.64. The van der Waals surface area contributed by atoms with E-state index in [0.29, 0.717) is 23.3 Å². The van der Waals surface area contributed by atoms with E-state index in [1.165, 1.54) is 31.3 Å². The molecule has 0 amide bonds. The molecule has 7 aromatic carbocycles. The molecular weight excluding hydrogens is 691 g/mol. The van der Waals surface area contributed by atoms with Crippen molar-refractivity contribution in [2.75, 3.05) is 0 Å². The van der Waals surface area contributed by atoms with Gasteiger partial charge in [-0.05, 0) is 35.4 Å². The largest absolute Gasteiger partial charge is 0.228 e. The summed E-state index contributed by atoms with van der Waals surface area (Å²) in [6.45, 7) is 0. The predicted molar refractivity (Wildman–Crippen MR) is 226 cm³/mol. The lowest BCUT2D eigenvalue weighted by atomic mass is 10.0. The van der Waals surface area contributed by atoms with Gasteiger partial charge in [-0.1, -0.05) is 164 Å². The van der Waals surface area contributed by atoms with Crippen LogP contribution >= 0.6 is 11.3 Å². The topological polar surface area (TPSA) is 64.5 Å². The first kappa shape index (κ1) is 32.5. The molecule has 0 aliphatic rings. The Morgan fingerprint density at radius 3 is 1.24 bits per heavy atom. The molecule has 55 heavy (non-hydrogen) atoms. The zero-order valence-corrected chi connectivity index (χ0v) is 30.4. The predicted octanol–water partition coefficient (Wildman–Crippen LogP) is 12.7. The molecule has 0 atom stereocenters. The summed E-state index contributed by atoms with van der Waals surface area (Å²) in [6, 6.07) is 64.7. The summed E-state index contributed by atoms with van der Waals surface area (Å²) in [4.78, 5) is 25.0. The van der Waals surface area contributed by atoms with Gasteiger partial charge < -0.3 is 0 Å². The van der Waals surface area contributed by atoms with E-state index < -0.39 is 0 Å². The van der Waals surface area contributed by atoms with Crippen LogP contribution in [-0.2, 0) is 0 Å². The first-order chi connectivity index (χ1) is 27.2. The van der Waals surface area contributed by atoms with E-state index in [-0.39, 0.29) is 0 Å². The summed E-state index contributed by atoms with van der Waals surface area (Å²) in [7, 11) is 0. The van der Waals surface area contributed by atoms with Crippen molar-refractivity contribution < 1.29 is 0 Å². The third kappa shape index (κ3) is 6.45. The smallest absolute Gasteiger partial charge is 0.164 e. The van der Waals surface area contributed by atoms with Gasteiger partial charge in [0, 0.05) is 53.6 Å². The van der Waals surface area contributed by atoms with Crippen LogP contribution in [0.25, 0.3) is 99.4 Å². The minimum Gasteiger partial charge on any atom is -0.228 e. The van der Waals surface area contributed by atoms with Crippen molar-refractivity contribution in [3.8, 4) is 79.2 Å². The Morgan fingerprint density at radius 1 is 0.255 bits per heavy atom. The molecule has 10 aromatic rings. The van der Waals surface area contributed by atoms with E-state index >= 15 is 0 Å². The highest BCUT2D eigenvalue weighted by molar-refractivity contribution is 7.25. The van der Waals surface area contributed by atoms with E-state index in [2.05, 4.69) is 103 Å². The fourth-order valence-electron chi connectivity index (χ4n) is 6.94. The van der Waals surface area contributed by atoms with E-state index in [1.54, 1.807) is 11.3 Å². The number of fused-ring (bicyclic) bond motifs is 3. The Kier molecular flexibility index (Phi) is 8.28. The van der Waals surface area contributed by atoms with Crippen molar-refractivity contribution in [1.82, 2.24) is 24.9 Å². The number of thiophene rings is 1. The Hall–Kier alpha value is -7.15. The summed E-state index contributed by atoms with van der Waals surface area (Å²) in [5.41, 5.74) is 10.0. The Labute approximate surface area is 322 Å². The molecule has 5 nitrogen and oxygen atoms in total. The van der Waals surface area contributed by atoms with Gasteiger partial charge in [-0.15, -0.1) is 11.3 Å². The number of benzene rings is 7. The van der Waals surface area contributed by atoms with E-state index in [4.69, 9.17) is 24.9 Å². The summed E-state index contributed by atoms with van der Waals surface area (Å²) in [6.07, 6.45) is 0. The number of hydrogen-bond acceptors (Lipinski definition) is 6. The van der Waals surface area contributed by atoms with E-state index in [0.717, 1.165) is 44.8 Å². The zero-order valence-electron chi connectivity index (χ0n) is 29.5. The van der Waals surface area contributed by atoms with Crippen molar-refractivity contribution in [3.63, 3.8) is 0 Å². The minimum atomic E-state index is 0.645. The van der Waals surface area contributed by atoms with Gasteiger partial charge in [0.2, 0.25) is 0 Å². The van der Waals surface area contributed by atoms with Gasteiger partial charge in [-0.3, -0.25) is 0 Å². The van der Waals surface area contributed by atoms with Crippen LogP contribution in [0, 0.1) is 0 Å². The van der Waals surface area contributed by atoms with Gasteiger partial charge in [0.25, 0.3) is 0 Å². The maximum atomic E-state index is 5.13. The van der Waals surface area contributed by atoms with Crippen LogP contribution in [0.15, 0.2) is 188 Å². The molecule has 10 rings (SSSR count). The van der Waals surface area contributed by atoms with Gasteiger partial charge in [0.1, 0.15) is 0 Å². The Balaban J connectivity index is 1.05. The average Bonchev–Trinajstić information content (AvgIpc) is 3.65. The molecule has 0 N–H and O–H groups in total. The van der Waals surface area contributed by atoms with Crippen molar-refractivity contribution in [2.24, 2.45) is 0 Å². The van der Waals surface area contributed by atoms with Crippen LogP contribution in [0.3, 0.4) is 0 Å². The molecule has 0 unspecified atom stereocenters. The van der Waals surface area contributed by atoms with Gasteiger partial charge in [0.05, 0.1) is 11.4 Å². The van der Waals surface area contributed by atoms with Crippen LogP contribution in [0.4, 0.5) is 0 Å². The highest BCUT2D eigenvalue weighted by Crippen LogP contribution is 2.39. The molecule has 3 heterocycles. The summed E-state index contributed by atoms with van der Waals surface area (Å²) in [5, 5.41) is 2.36. The molecule has 258 valence electrons. The Bertz CT molecular complexity index is 2890. The molecule has 3 aromatic heterocycles. The molecular formula is C49H31N5S. The Morgan fingerprint density at radius 2 is 0.673 bits per heavy atom. The number of nitrogens with zero attached hydrogens (tertiary/aromatic N) is 5. The second kappa shape index (κ2) is 14.0. The van der Waals surface area contributed by atoms with E-state index in [1.807, 2.05) is 84.9 Å². The molecule has 6 heteroatoms. The standard InChI is InChI=1S/C49H31N5S/c1-5-13-32(14-6-1)33-21-23-34(24-22-33)42-31-43(51-46(50-42)35-15-7-2-8-16-35)38-26-28-44-41(29-38)40-27-25-39(30-45(40)55-44)49-53-47(36-17-9-3-10-18-36)52-48(54-49)37-19-11-4-12-20-37/h1-31H. The van der Waals surface area contributed by atoms with Gasteiger partial charge in [0.15, 0.2) is 23.3 Å². The maximum Gasteiger partial charge on any atom is 0.164 e. The van der Waals surface area contributed by atoms with Crippen LogP contribution in [0.1, 0.15) is 0 Å². The average molecular weight is 722 g/mol. The monoisotopic (exact) mass is 721 g/mol. The van der Waals surface area contributed by atoms with Crippen molar-refractivity contribution in [1.29, 1.82) is 0 Å². The highest BCUT2D eigenvalue weighted by atomic mass is 32.1. The highest BCUT2D eigenvalue weighted by Gasteiger charge is 2.16. The molecule has 0 saturated carbocycles. The van der Waals surface area contributed by atoms with Gasteiger partial charge in [-0.2, -0.15) is 0 Å². The zero-order chi connectivity index (χ0) is 36.6. The first-order valence-electron chi connectivity index (χ1n) is 18.2. The van der Waals surface area contributed by atoms with Gasteiger partial charge >= 0.3 is 0 Å². The van der Waals surface area contributed by atoms with Crippen LogP contribution in [0.2, 0.25) is 0 Å². The molecule has 0 bridgehead atoms. The molecule has 0 radical (unpaired) electrons.